The van der Waals surface area contributed by atoms with Crippen molar-refractivity contribution < 1.29 is 8.42 Å². The lowest BCUT2D eigenvalue weighted by Gasteiger charge is -2.01. The molecule has 4 aromatic rings. The molecule has 0 aliphatic heterocycles. The lowest BCUT2D eigenvalue weighted by Crippen LogP contribution is -2.10. The Hall–Kier alpha value is -2.23. The molecule has 0 spiro atoms. The second-order valence-electron chi connectivity index (χ2n) is 4.69. The molecule has 7 nitrogen and oxygen atoms in total. The molecule has 0 aliphatic rings. The second-order valence-corrected chi connectivity index (χ2v) is 7.91. The van der Waals surface area contributed by atoms with Crippen LogP contribution in [0.1, 0.15) is 0 Å². The highest BCUT2D eigenvalue weighted by molar-refractivity contribution is 7.91. The Kier molecular flexibility index (Phi) is 3.05. The molecular formula is C13H7ClN4O3S2. The standard InChI is InChI=1S/C13H7ClN4O3S2/c14-7-2-1-3-8(6-7)23(20,21)13-11-15-12(19)10-9(4-5-22-10)18(11)17-16-13/h1-6,17H. The van der Waals surface area contributed by atoms with Gasteiger partial charge in [0.2, 0.25) is 14.9 Å². The van der Waals surface area contributed by atoms with E-state index in [9.17, 15) is 13.2 Å². The van der Waals surface area contributed by atoms with Crippen molar-refractivity contribution in [2.45, 2.75) is 9.92 Å². The summed E-state index contributed by atoms with van der Waals surface area (Å²) in [6, 6.07) is 7.53. The molecule has 0 fully saturated rings. The lowest BCUT2D eigenvalue weighted by molar-refractivity contribution is 0.592. The maximum absolute atomic E-state index is 12.8. The Labute approximate surface area is 138 Å². The largest absolute Gasteiger partial charge is 0.291 e. The summed E-state index contributed by atoms with van der Waals surface area (Å²) < 4.78 is 27.3. The predicted octanol–water partition coefficient (Wildman–Crippen LogP) is 2.12. The molecule has 0 bridgehead atoms. The number of nitrogens with zero attached hydrogens (tertiary/aromatic N) is 3. The van der Waals surface area contributed by atoms with Gasteiger partial charge in [0.15, 0.2) is 5.65 Å². The fraction of sp³-hybridized carbons (Fsp3) is 0. The first-order valence-corrected chi connectivity index (χ1v) is 9.07. The molecule has 10 heteroatoms. The van der Waals surface area contributed by atoms with Crippen LogP contribution in [0.2, 0.25) is 5.02 Å². The minimum atomic E-state index is -3.96. The topological polar surface area (TPSA) is 97.2 Å². The number of fused-ring (bicyclic) bond motifs is 3. The number of hydrogen-bond acceptors (Lipinski definition) is 6. The van der Waals surface area contributed by atoms with Gasteiger partial charge in [0, 0.05) is 5.02 Å². The molecule has 0 unspecified atom stereocenters. The zero-order valence-corrected chi connectivity index (χ0v) is 13.6. The van der Waals surface area contributed by atoms with Crippen molar-refractivity contribution in [2.24, 2.45) is 0 Å². The number of aromatic amines is 1. The first-order valence-electron chi connectivity index (χ1n) is 6.33. The van der Waals surface area contributed by atoms with Crippen LogP contribution < -0.4 is 5.56 Å². The van der Waals surface area contributed by atoms with Crippen LogP contribution in [0.25, 0.3) is 15.9 Å². The number of halogens is 1. The SMILES string of the molecule is O=c1nc2c(S(=O)(=O)c3cccc(Cl)c3)n[nH]n2c2ccsc12. The Morgan fingerprint density at radius 3 is 2.87 bits per heavy atom. The number of benzene rings is 1. The first kappa shape index (κ1) is 14.4. The molecule has 0 saturated heterocycles. The summed E-state index contributed by atoms with van der Waals surface area (Å²) in [5.74, 6) is 0. The van der Waals surface area contributed by atoms with E-state index in [2.05, 4.69) is 15.3 Å². The van der Waals surface area contributed by atoms with Gasteiger partial charge in [-0.3, -0.25) is 4.79 Å². The summed E-state index contributed by atoms with van der Waals surface area (Å²) in [4.78, 5) is 15.9. The molecule has 3 aromatic heterocycles. The number of nitrogens with one attached hydrogen (secondary N) is 1. The molecule has 1 aromatic carbocycles. The van der Waals surface area contributed by atoms with Crippen LogP contribution in [0.5, 0.6) is 0 Å². The number of hydrogen-bond donors (Lipinski definition) is 1. The van der Waals surface area contributed by atoms with Gasteiger partial charge in [-0.25, -0.2) is 18.1 Å². The molecule has 0 saturated carbocycles. The summed E-state index contributed by atoms with van der Waals surface area (Å²) in [7, 11) is -3.96. The number of aromatic nitrogens is 4. The highest BCUT2D eigenvalue weighted by Gasteiger charge is 2.26. The molecular weight excluding hydrogens is 360 g/mol. The van der Waals surface area contributed by atoms with Crippen LogP contribution in [0.4, 0.5) is 0 Å². The number of rotatable bonds is 2. The van der Waals surface area contributed by atoms with Gasteiger partial charge in [0.25, 0.3) is 5.56 Å². The Morgan fingerprint density at radius 1 is 1.26 bits per heavy atom. The minimum Gasteiger partial charge on any atom is -0.266 e. The third-order valence-electron chi connectivity index (χ3n) is 3.30. The van der Waals surface area contributed by atoms with Crippen LogP contribution in [-0.2, 0) is 9.84 Å². The van der Waals surface area contributed by atoms with Gasteiger partial charge in [0.05, 0.1) is 10.4 Å². The van der Waals surface area contributed by atoms with E-state index in [0.717, 1.165) is 0 Å². The molecule has 116 valence electrons. The van der Waals surface area contributed by atoms with Crippen molar-refractivity contribution in [1.29, 1.82) is 0 Å². The van der Waals surface area contributed by atoms with Gasteiger partial charge in [-0.05, 0) is 29.6 Å². The van der Waals surface area contributed by atoms with Crippen molar-refractivity contribution >= 4 is 48.6 Å². The predicted molar refractivity (Wildman–Crippen MR) is 85.9 cm³/mol. The quantitative estimate of drug-likeness (QED) is 0.586. The van der Waals surface area contributed by atoms with E-state index in [1.165, 1.54) is 34.1 Å². The molecule has 4 rings (SSSR count). The highest BCUT2D eigenvalue weighted by Crippen LogP contribution is 2.25. The molecule has 0 aliphatic carbocycles. The molecule has 23 heavy (non-hydrogen) atoms. The second kappa shape index (κ2) is 4.88. The minimum absolute atomic E-state index is 0.0151. The van der Waals surface area contributed by atoms with Gasteiger partial charge < -0.3 is 0 Å². The van der Waals surface area contributed by atoms with E-state index in [0.29, 0.717) is 10.2 Å². The van der Waals surface area contributed by atoms with Crippen molar-refractivity contribution in [2.75, 3.05) is 0 Å². The fourth-order valence-electron chi connectivity index (χ4n) is 2.27. The van der Waals surface area contributed by atoms with E-state index < -0.39 is 15.4 Å². The van der Waals surface area contributed by atoms with Crippen molar-refractivity contribution in [1.82, 2.24) is 19.8 Å². The van der Waals surface area contributed by atoms with Gasteiger partial charge in [0.1, 0.15) is 4.70 Å². The zero-order chi connectivity index (χ0) is 16.2. The van der Waals surface area contributed by atoms with Crippen LogP contribution in [0.15, 0.2) is 50.4 Å². The summed E-state index contributed by atoms with van der Waals surface area (Å²) in [5, 5.41) is 8.15. The summed E-state index contributed by atoms with van der Waals surface area (Å²) in [5.41, 5.74) is 0.00450. The fourth-order valence-corrected chi connectivity index (χ4v) is 4.58. The van der Waals surface area contributed by atoms with Crippen molar-refractivity contribution in [3.63, 3.8) is 0 Å². The van der Waals surface area contributed by atoms with Crippen LogP contribution in [-0.4, -0.2) is 28.2 Å². The van der Waals surface area contributed by atoms with Crippen molar-refractivity contribution in [3.05, 3.63) is 51.1 Å². The van der Waals surface area contributed by atoms with Crippen LogP contribution >= 0.6 is 22.9 Å². The molecule has 0 atom stereocenters. The van der Waals surface area contributed by atoms with Crippen LogP contribution in [0, 0.1) is 0 Å². The van der Waals surface area contributed by atoms with Gasteiger partial charge in [-0.1, -0.05) is 17.7 Å². The summed E-state index contributed by atoms with van der Waals surface area (Å²) in [6.45, 7) is 0. The molecule has 1 N–H and O–H groups in total. The monoisotopic (exact) mass is 366 g/mol. The van der Waals surface area contributed by atoms with Gasteiger partial charge >= 0.3 is 0 Å². The van der Waals surface area contributed by atoms with E-state index in [1.54, 1.807) is 17.5 Å². The van der Waals surface area contributed by atoms with Crippen molar-refractivity contribution in [3.8, 4) is 0 Å². The average molecular weight is 367 g/mol. The highest BCUT2D eigenvalue weighted by atomic mass is 35.5. The smallest absolute Gasteiger partial charge is 0.266 e. The molecule has 3 heterocycles. The average Bonchev–Trinajstić information content (AvgIpc) is 3.13. The number of sulfone groups is 1. The van der Waals surface area contributed by atoms with Gasteiger partial charge in [-0.2, -0.15) is 4.98 Å². The Morgan fingerprint density at radius 2 is 2.09 bits per heavy atom. The van der Waals surface area contributed by atoms with Gasteiger partial charge in [-0.15, -0.1) is 16.4 Å². The Balaban J connectivity index is 2.06. The summed E-state index contributed by atoms with van der Waals surface area (Å²) in [6.07, 6.45) is 0. The lowest BCUT2D eigenvalue weighted by atomic mass is 10.4. The first-order chi connectivity index (χ1) is 11.0. The zero-order valence-electron chi connectivity index (χ0n) is 11.2. The molecule has 0 amide bonds. The number of H-pyrrole nitrogens is 1. The van der Waals surface area contributed by atoms with E-state index in [1.807, 2.05) is 0 Å². The summed E-state index contributed by atoms with van der Waals surface area (Å²) >= 11 is 7.09. The van der Waals surface area contributed by atoms with E-state index >= 15 is 0 Å². The number of thiophene rings is 1. The Bertz CT molecular complexity index is 1220. The van der Waals surface area contributed by atoms with Crippen LogP contribution in [0.3, 0.4) is 0 Å². The molecule has 0 radical (unpaired) electrons. The maximum Gasteiger partial charge on any atom is 0.291 e. The maximum atomic E-state index is 12.8. The third kappa shape index (κ3) is 2.08. The van der Waals surface area contributed by atoms with E-state index in [-0.39, 0.29) is 20.6 Å². The third-order valence-corrected chi connectivity index (χ3v) is 6.09. The van der Waals surface area contributed by atoms with E-state index in [4.69, 9.17) is 11.6 Å². The normalized spacial score (nSPS) is 12.2.